The van der Waals surface area contributed by atoms with Crippen molar-refractivity contribution >= 4 is 21.8 Å². The highest BCUT2D eigenvalue weighted by Gasteiger charge is 2.12. The van der Waals surface area contributed by atoms with Crippen LogP contribution < -0.4 is 10.5 Å². The normalized spacial score (nSPS) is 10.3. The van der Waals surface area contributed by atoms with E-state index in [-0.39, 0.29) is 11.3 Å². The van der Waals surface area contributed by atoms with Crippen LogP contribution in [0, 0.1) is 12.7 Å². The summed E-state index contributed by atoms with van der Waals surface area (Å²) in [4.78, 5) is 11.3. The number of rotatable bonds is 3. The molecule has 0 fully saturated rings. The first-order chi connectivity index (χ1) is 8.97. The van der Waals surface area contributed by atoms with Crippen LogP contribution in [0.1, 0.15) is 15.9 Å². The third-order valence-electron chi connectivity index (χ3n) is 2.56. The summed E-state index contributed by atoms with van der Waals surface area (Å²) in [7, 11) is 0. The van der Waals surface area contributed by atoms with E-state index in [2.05, 4.69) is 15.9 Å². The molecule has 0 aliphatic heterocycles. The molecule has 0 radical (unpaired) electrons. The first-order valence-corrected chi connectivity index (χ1v) is 6.30. The summed E-state index contributed by atoms with van der Waals surface area (Å²) in [5.41, 5.74) is 6.20. The SMILES string of the molecule is Cc1cc(Oc2ccc(F)cc2C(N)=O)ccc1Br. The van der Waals surface area contributed by atoms with Crippen LogP contribution in [0.25, 0.3) is 0 Å². The molecule has 2 rings (SSSR count). The molecule has 1 amide bonds. The molecule has 0 spiro atoms. The van der Waals surface area contributed by atoms with Gasteiger partial charge in [-0.1, -0.05) is 15.9 Å². The van der Waals surface area contributed by atoms with Crippen LogP contribution in [0.5, 0.6) is 11.5 Å². The number of carbonyl (C=O) groups is 1. The molecular weight excluding hydrogens is 313 g/mol. The Labute approximate surface area is 118 Å². The standard InChI is InChI=1S/C14H11BrFNO2/c1-8-6-10(3-4-12(8)15)19-13-5-2-9(16)7-11(13)14(17)18/h2-7H,1H3,(H2,17,18). The fraction of sp³-hybridized carbons (Fsp3) is 0.0714. The molecule has 0 unspecified atom stereocenters. The minimum absolute atomic E-state index is 0.0144. The zero-order valence-corrected chi connectivity index (χ0v) is 11.7. The number of nitrogens with two attached hydrogens (primary N) is 1. The maximum atomic E-state index is 13.1. The second kappa shape index (κ2) is 5.40. The Bertz CT molecular complexity index is 643. The number of ether oxygens (including phenoxy) is 1. The highest BCUT2D eigenvalue weighted by Crippen LogP contribution is 2.28. The quantitative estimate of drug-likeness (QED) is 0.934. The van der Waals surface area contributed by atoms with Gasteiger partial charge in [-0.3, -0.25) is 4.79 Å². The maximum absolute atomic E-state index is 13.1. The zero-order valence-electron chi connectivity index (χ0n) is 10.1. The summed E-state index contributed by atoms with van der Waals surface area (Å²) in [6, 6.07) is 9.03. The average molecular weight is 324 g/mol. The third kappa shape index (κ3) is 3.12. The predicted octanol–water partition coefficient (Wildman–Crippen LogP) is 3.79. The lowest BCUT2D eigenvalue weighted by Crippen LogP contribution is -2.12. The molecule has 0 atom stereocenters. The van der Waals surface area contributed by atoms with Gasteiger partial charge in [-0.15, -0.1) is 0 Å². The van der Waals surface area contributed by atoms with Crippen molar-refractivity contribution < 1.29 is 13.9 Å². The summed E-state index contributed by atoms with van der Waals surface area (Å²) >= 11 is 3.38. The van der Waals surface area contributed by atoms with Crippen LogP contribution in [-0.2, 0) is 0 Å². The first kappa shape index (κ1) is 13.5. The van der Waals surface area contributed by atoms with Crippen LogP contribution in [0.4, 0.5) is 4.39 Å². The van der Waals surface area contributed by atoms with Crippen LogP contribution >= 0.6 is 15.9 Å². The van der Waals surface area contributed by atoms with E-state index in [0.717, 1.165) is 16.1 Å². The minimum atomic E-state index is -0.733. The number of hydrogen-bond donors (Lipinski definition) is 1. The molecule has 5 heteroatoms. The molecule has 0 saturated carbocycles. The molecular formula is C14H11BrFNO2. The van der Waals surface area contributed by atoms with Crippen molar-refractivity contribution in [3.05, 3.63) is 57.8 Å². The number of hydrogen-bond acceptors (Lipinski definition) is 2. The molecule has 98 valence electrons. The van der Waals surface area contributed by atoms with Crippen molar-refractivity contribution in [1.29, 1.82) is 0 Å². The molecule has 0 heterocycles. The van der Waals surface area contributed by atoms with Gasteiger partial charge in [-0.05, 0) is 48.9 Å². The van der Waals surface area contributed by atoms with Crippen LogP contribution in [0.15, 0.2) is 40.9 Å². The number of carbonyl (C=O) groups excluding carboxylic acids is 1. The summed E-state index contributed by atoms with van der Waals surface area (Å²) in [5.74, 6) is -0.484. The molecule has 0 aliphatic carbocycles. The molecule has 2 N–H and O–H groups in total. The van der Waals surface area contributed by atoms with E-state index in [1.54, 1.807) is 12.1 Å². The van der Waals surface area contributed by atoms with E-state index < -0.39 is 11.7 Å². The lowest BCUT2D eigenvalue weighted by molar-refractivity contribution is 0.0997. The van der Waals surface area contributed by atoms with E-state index in [0.29, 0.717) is 5.75 Å². The highest BCUT2D eigenvalue weighted by molar-refractivity contribution is 9.10. The second-order valence-electron chi connectivity index (χ2n) is 4.02. The topological polar surface area (TPSA) is 52.3 Å². The van der Waals surface area contributed by atoms with Gasteiger partial charge < -0.3 is 10.5 Å². The summed E-state index contributed by atoms with van der Waals surface area (Å²) in [6.45, 7) is 1.91. The van der Waals surface area contributed by atoms with Crippen molar-refractivity contribution in [2.75, 3.05) is 0 Å². The number of halogens is 2. The zero-order chi connectivity index (χ0) is 14.0. The summed E-state index contributed by atoms with van der Waals surface area (Å²) in [6.07, 6.45) is 0. The lowest BCUT2D eigenvalue weighted by atomic mass is 10.2. The summed E-state index contributed by atoms with van der Waals surface area (Å²) in [5, 5.41) is 0. The first-order valence-electron chi connectivity index (χ1n) is 5.51. The van der Waals surface area contributed by atoms with Gasteiger partial charge in [0, 0.05) is 4.47 Å². The van der Waals surface area contributed by atoms with Crippen LogP contribution in [0.2, 0.25) is 0 Å². The van der Waals surface area contributed by atoms with Gasteiger partial charge in [0.15, 0.2) is 0 Å². The second-order valence-corrected chi connectivity index (χ2v) is 4.87. The Hall–Kier alpha value is -1.88. The molecule has 2 aromatic carbocycles. The molecule has 0 saturated heterocycles. The largest absolute Gasteiger partial charge is 0.457 e. The maximum Gasteiger partial charge on any atom is 0.252 e. The van der Waals surface area contributed by atoms with E-state index in [4.69, 9.17) is 10.5 Å². The van der Waals surface area contributed by atoms with Crippen molar-refractivity contribution in [2.45, 2.75) is 6.92 Å². The molecule has 19 heavy (non-hydrogen) atoms. The Morgan fingerprint density at radius 1 is 1.26 bits per heavy atom. The van der Waals surface area contributed by atoms with Gasteiger partial charge >= 0.3 is 0 Å². The van der Waals surface area contributed by atoms with E-state index in [9.17, 15) is 9.18 Å². The fourth-order valence-corrected chi connectivity index (χ4v) is 1.84. The Kier molecular flexibility index (Phi) is 3.85. The predicted molar refractivity (Wildman–Crippen MR) is 73.9 cm³/mol. The van der Waals surface area contributed by atoms with Crippen LogP contribution in [-0.4, -0.2) is 5.91 Å². The summed E-state index contributed by atoms with van der Waals surface area (Å²) < 4.78 is 19.6. The molecule has 0 aliphatic rings. The van der Waals surface area contributed by atoms with Crippen molar-refractivity contribution in [3.63, 3.8) is 0 Å². The third-order valence-corrected chi connectivity index (χ3v) is 3.45. The fourth-order valence-electron chi connectivity index (χ4n) is 1.59. The Morgan fingerprint density at radius 3 is 2.63 bits per heavy atom. The molecule has 2 aromatic rings. The highest BCUT2D eigenvalue weighted by atomic mass is 79.9. The van der Waals surface area contributed by atoms with E-state index in [1.807, 2.05) is 13.0 Å². The average Bonchev–Trinajstić information content (AvgIpc) is 2.36. The van der Waals surface area contributed by atoms with Gasteiger partial charge in [-0.2, -0.15) is 0 Å². The van der Waals surface area contributed by atoms with Crippen molar-refractivity contribution in [2.24, 2.45) is 5.73 Å². The van der Waals surface area contributed by atoms with Crippen LogP contribution in [0.3, 0.4) is 0 Å². The lowest BCUT2D eigenvalue weighted by Gasteiger charge is -2.10. The number of benzene rings is 2. The monoisotopic (exact) mass is 323 g/mol. The van der Waals surface area contributed by atoms with Crippen molar-refractivity contribution in [3.8, 4) is 11.5 Å². The molecule has 0 bridgehead atoms. The van der Waals surface area contributed by atoms with Gasteiger partial charge in [-0.25, -0.2) is 4.39 Å². The molecule has 0 aromatic heterocycles. The van der Waals surface area contributed by atoms with E-state index >= 15 is 0 Å². The number of amides is 1. The van der Waals surface area contributed by atoms with Gasteiger partial charge in [0.05, 0.1) is 5.56 Å². The Morgan fingerprint density at radius 2 is 2.00 bits per heavy atom. The van der Waals surface area contributed by atoms with E-state index in [1.165, 1.54) is 12.1 Å². The minimum Gasteiger partial charge on any atom is -0.457 e. The van der Waals surface area contributed by atoms with Gasteiger partial charge in [0.25, 0.3) is 5.91 Å². The van der Waals surface area contributed by atoms with Gasteiger partial charge in [0.2, 0.25) is 0 Å². The van der Waals surface area contributed by atoms with Gasteiger partial charge in [0.1, 0.15) is 17.3 Å². The van der Waals surface area contributed by atoms with Crippen molar-refractivity contribution in [1.82, 2.24) is 0 Å². The number of primary amides is 1. The number of aryl methyl sites for hydroxylation is 1. The molecule has 3 nitrogen and oxygen atoms in total. The Balaban J connectivity index is 2.37. The smallest absolute Gasteiger partial charge is 0.252 e.